The van der Waals surface area contributed by atoms with Crippen molar-refractivity contribution in [2.24, 2.45) is 5.73 Å². The molecule has 2 N–H and O–H groups in total. The quantitative estimate of drug-likeness (QED) is 0.927. The van der Waals surface area contributed by atoms with Crippen LogP contribution in [0.1, 0.15) is 32.4 Å². The van der Waals surface area contributed by atoms with Gasteiger partial charge in [0.15, 0.2) is 0 Å². The van der Waals surface area contributed by atoms with Gasteiger partial charge in [-0.15, -0.1) is 0 Å². The summed E-state index contributed by atoms with van der Waals surface area (Å²) in [5.74, 6) is 0. The Hall–Kier alpha value is -0.580. The van der Waals surface area contributed by atoms with Gasteiger partial charge < -0.3 is 10.6 Å². The molecule has 1 heterocycles. The van der Waals surface area contributed by atoms with Crippen LogP contribution in [-0.4, -0.2) is 37.1 Å². The van der Waals surface area contributed by atoms with Gasteiger partial charge in [-0.2, -0.15) is 0 Å². The molecule has 0 aliphatic carbocycles. The highest BCUT2D eigenvalue weighted by atomic mass is 79.9. The molecule has 3 nitrogen and oxygen atoms in total. The molecule has 1 aromatic rings. The fourth-order valence-electron chi connectivity index (χ4n) is 2.54. The molecule has 1 aromatic carbocycles. The second-order valence-corrected chi connectivity index (χ2v) is 6.47. The minimum absolute atomic E-state index is 0.0862. The SMILES string of the molecule is CC(C)N1CCN(c2ccc([C@@H](C)N)cc2Br)CC1. The molecule has 1 aliphatic rings. The summed E-state index contributed by atoms with van der Waals surface area (Å²) in [5.41, 5.74) is 8.38. The number of piperazine rings is 1. The molecule has 0 saturated carbocycles. The minimum Gasteiger partial charge on any atom is -0.368 e. The summed E-state index contributed by atoms with van der Waals surface area (Å²) in [7, 11) is 0. The largest absolute Gasteiger partial charge is 0.368 e. The lowest BCUT2D eigenvalue weighted by Gasteiger charge is -2.38. The van der Waals surface area contributed by atoms with Crippen LogP contribution in [0, 0.1) is 0 Å². The van der Waals surface area contributed by atoms with Crippen molar-refractivity contribution in [3.63, 3.8) is 0 Å². The lowest BCUT2D eigenvalue weighted by atomic mass is 10.1. The van der Waals surface area contributed by atoms with E-state index in [4.69, 9.17) is 5.73 Å². The third kappa shape index (κ3) is 3.50. The van der Waals surface area contributed by atoms with Crippen LogP contribution in [0.15, 0.2) is 22.7 Å². The lowest BCUT2D eigenvalue weighted by Crippen LogP contribution is -2.49. The molecule has 0 unspecified atom stereocenters. The Labute approximate surface area is 124 Å². The first-order chi connectivity index (χ1) is 8.99. The Morgan fingerprint density at radius 2 is 1.74 bits per heavy atom. The third-order valence-electron chi connectivity index (χ3n) is 3.88. The number of anilines is 1. The van der Waals surface area contributed by atoms with Crippen molar-refractivity contribution in [2.45, 2.75) is 32.9 Å². The summed E-state index contributed by atoms with van der Waals surface area (Å²) >= 11 is 3.68. The van der Waals surface area contributed by atoms with Gasteiger partial charge in [-0.05, 0) is 54.4 Å². The molecule has 0 aromatic heterocycles. The molecule has 19 heavy (non-hydrogen) atoms. The summed E-state index contributed by atoms with van der Waals surface area (Å²) in [6.45, 7) is 11.0. The number of halogens is 1. The van der Waals surface area contributed by atoms with Gasteiger partial charge >= 0.3 is 0 Å². The van der Waals surface area contributed by atoms with Crippen LogP contribution < -0.4 is 10.6 Å². The zero-order chi connectivity index (χ0) is 14.0. The average molecular weight is 326 g/mol. The van der Waals surface area contributed by atoms with Gasteiger partial charge in [0.05, 0.1) is 5.69 Å². The number of nitrogens with two attached hydrogens (primary N) is 1. The molecular weight excluding hydrogens is 302 g/mol. The van der Waals surface area contributed by atoms with E-state index in [9.17, 15) is 0 Å². The van der Waals surface area contributed by atoms with Crippen molar-refractivity contribution in [2.75, 3.05) is 31.1 Å². The number of benzene rings is 1. The monoisotopic (exact) mass is 325 g/mol. The Balaban J connectivity index is 2.07. The Morgan fingerprint density at radius 3 is 2.21 bits per heavy atom. The maximum Gasteiger partial charge on any atom is 0.0511 e. The lowest BCUT2D eigenvalue weighted by molar-refractivity contribution is 0.209. The Kier molecular flexibility index (Phi) is 4.87. The Morgan fingerprint density at radius 1 is 1.11 bits per heavy atom. The van der Waals surface area contributed by atoms with E-state index in [0.29, 0.717) is 6.04 Å². The van der Waals surface area contributed by atoms with Crippen molar-refractivity contribution in [1.29, 1.82) is 0 Å². The van der Waals surface area contributed by atoms with Gasteiger partial charge in [0, 0.05) is 42.7 Å². The summed E-state index contributed by atoms with van der Waals surface area (Å²) in [6.07, 6.45) is 0. The predicted octanol–water partition coefficient (Wildman–Crippen LogP) is 3.00. The first kappa shape index (κ1) is 14.8. The van der Waals surface area contributed by atoms with Crippen molar-refractivity contribution in [3.8, 4) is 0 Å². The topological polar surface area (TPSA) is 32.5 Å². The molecule has 0 radical (unpaired) electrons. The molecule has 0 bridgehead atoms. The summed E-state index contributed by atoms with van der Waals surface area (Å²) < 4.78 is 1.15. The Bertz CT molecular complexity index is 423. The molecule has 106 valence electrons. The zero-order valence-corrected chi connectivity index (χ0v) is 13.7. The van der Waals surface area contributed by atoms with Crippen LogP contribution in [0.25, 0.3) is 0 Å². The van der Waals surface area contributed by atoms with Crippen LogP contribution in [-0.2, 0) is 0 Å². The molecule has 1 aliphatic heterocycles. The molecule has 0 amide bonds. The van der Waals surface area contributed by atoms with Gasteiger partial charge in [-0.25, -0.2) is 0 Å². The van der Waals surface area contributed by atoms with Gasteiger partial charge in [0.1, 0.15) is 0 Å². The molecule has 2 rings (SSSR count). The smallest absolute Gasteiger partial charge is 0.0511 e. The van der Waals surface area contributed by atoms with E-state index in [1.165, 1.54) is 11.3 Å². The van der Waals surface area contributed by atoms with Crippen molar-refractivity contribution < 1.29 is 0 Å². The van der Waals surface area contributed by atoms with E-state index >= 15 is 0 Å². The third-order valence-corrected chi connectivity index (χ3v) is 4.52. The summed E-state index contributed by atoms with van der Waals surface area (Å²) in [4.78, 5) is 4.98. The molecular formula is C15H24BrN3. The van der Waals surface area contributed by atoms with E-state index in [-0.39, 0.29) is 6.04 Å². The van der Waals surface area contributed by atoms with E-state index in [1.54, 1.807) is 0 Å². The second kappa shape index (κ2) is 6.25. The first-order valence-electron chi connectivity index (χ1n) is 7.03. The highest BCUT2D eigenvalue weighted by Gasteiger charge is 2.20. The minimum atomic E-state index is 0.0862. The molecule has 1 saturated heterocycles. The summed E-state index contributed by atoms with van der Waals surface area (Å²) in [5, 5.41) is 0. The van der Waals surface area contributed by atoms with E-state index in [2.05, 4.69) is 57.8 Å². The number of hydrogen-bond acceptors (Lipinski definition) is 3. The number of rotatable bonds is 3. The average Bonchev–Trinajstić information content (AvgIpc) is 2.38. The zero-order valence-electron chi connectivity index (χ0n) is 12.1. The number of nitrogens with zero attached hydrogens (tertiary/aromatic N) is 2. The molecule has 1 atom stereocenters. The van der Waals surface area contributed by atoms with Crippen molar-refractivity contribution in [3.05, 3.63) is 28.2 Å². The maximum atomic E-state index is 5.92. The summed E-state index contributed by atoms with van der Waals surface area (Å²) in [6, 6.07) is 7.21. The molecule has 0 spiro atoms. The molecule has 4 heteroatoms. The fourth-order valence-corrected chi connectivity index (χ4v) is 3.19. The van der Waals surface area contributed by atoms with E-state index < -0.39 is 0 Å². The van der Waals surface area contributed by atoms with Crippen LogP contribution >= 0.6 is 15.9 Å². The van der Waals surface area contributed by atoms with E-state index in [0.717, 1.165) is 30.7 Å². The first-order valence-corrected chi connectivity index (χ1v) is 7.82. The normalized spacial score (nSPS) is 18.9. The molecule has 1 fully saturated rings. The van der Waals surface area contributed by atoms with Crippen LogP contribution in [0.3, 0.4) is 0 Å². The maximum absolute atomic E-state index is 5.92. The van der Waals surface area contributed by atoms with Crippen LogP contribution in [0.4, 0.5) is 5.69 Å². The predicted molar refractivity (Wildman–Crippen MR) is 85.7 cm³/mol. The van der Waals surface area contributed by atoms with Crippen LogP contribution in [0.5, 0.6) is 0 Å². The van der Waals surface area contributed by atoms with E-state index in [1.807, 2.05) is 6.92 Å². The van der Waals surface area contributed by atoms with Crippen LogP contribution in [0.2, 0.25) is 0 Å². The van der Waals surface area contributed by atoms with Gasteiger partial charge in [0.2, 0.25) is 0 Å². The highest BCUT2D eigenvalue weighted by Crippen LogP contribution is 2.29. The van der Waals surface area contributed by atoms with Crippen molar-refractivity contribution >= 4 is 21.6 Å². The highest BCUT2D eigenvalue weighted by molar-refractivity contribution is 9.10. The van der Waals surface area contributed by atoms with Gasteiger partial charge in [0.25, 0.3) is 0 Å². The number of hydrogen-bond donors (Lipinski definition) is 1. The van der Waals surface area contributed by atoms with Gasteiger partial charge in [-0.1, -0.05) is 6.07 Å². The second-order valence-electron chi connectivity index (χ2n) is 5.62. The van der Waals surface area contributed by atoms with Gasteiger partial charge in [-0.3, -0.25) is 4.90 Å². The standard InChI is InChI=1S/C15H24BrN3/c1-11(2)18-6-8-19(9-7-18)15-5-4-13(12(3)17)10-14(15)16/h4-5,10-12H,6-9,17H2,1-3H3/t12-/m1/s1. The fraction of sp³-hybridized carbons (Fsp3) is 0.600. The van der Waals surface area contributed by atoms with Crippen molar-refractivity contribution in [1.82, 2.24) is 4.90 Å².